The highest BCUT2D eigenvalue weighted by Gasteiger charge is 2.41. The maximum atomic E-state index is 13.2. The van der Waals surface area contributed by atoms with Crippen molar-refractivity contribution in [2.75, 3.05) is 4.90 Å². The molecule has 0 spiro atoms. The van der Waals surface area contributed by atoms with Crippen molar-refractivity contribution >= 4 is 57.9 Å². The molecule has 0 fully saturated rings. The van der Waals surface area contributed by atoms with E-state index >= 15 is 0 Å². The van der Waals surface area contributed by atoms with Gasteiger partial charge in [0.1, 0.15) is 0 Å². The molecule has 0 aromatic heterocycles. The number of allylic oxidation sites excluding steroid dienone is 2. The average molecular weight is 466 g/mol. The number of non-ortho nitro benzene ring substituents is 1. The Labute approximate surface area is 187 Å². The number of hydrogen-bond donors (Lipinski definition) is 0. The first kappa shape index (κ1) is 20.8. The fourth-order valence-electron chi connectivity index (χ4n) is 4.12. The molecule has 0 N–H and O–H groups in total. The third kappa shape index (κ3) is 3.49. The van der Waals surface area contributed by atoms with Crippen molar-refractivity contribution in [1.82, 2.24) is 0 Å². The Kier molecular flexibility index (Phi) is 5.57. The first-order valence-electron chi connectivity index (χ1n) is 9.26. The molecular weight excluding hydrogens is 451 g/mol. The molecule has 30 heavy (non-hydrogen) atoms. The summed E-state index contributed by atoms with van der Waals surface area (Å²) >= 11 is 18.9. The molecule has 9 heteroatoms. The van der Waals surface area contributed by atoms with E-state index in [4.69, 9.17) is 34.8 Å². The number of anilines is 1. The van der Waals surface area contributed by atoms with Crippen LogP contribution in [0.3, 0.4) is 0 Å². The first-order valence-corrected chi connectivity index (χ1v) is 10.4. The second-order valence-corrected chi connectivity index (χ2v) is 8.35. The number of rotatable bonds is 3. The molecule has 2 aromatic carbocycles. The molecule has 154 valence electrons. The smallest absolute Gasteiger partial charge is 0.271 e. The van der Waals surface area contributed by atoms with Gasteiger partial charge < -0.3 is 0 Å². The van der Waals surface area contributed by atoms with E-state index in [-0.39, 0.29) is 28.8 Å². The van der Waals surface area contributed by atoms with E-state index < -0.39 is 10.8 Å². The Morgan fingerprint density at radius 1 is 1.03 bits per heavy atom. The second-order valence-electron chi connectivity index (χ2n) is 7.16. The van der Waals surface area contributed by atoms with Crippen LogP contribution in [0.25, 0.3) is 0 Å². The zero-order chi connectivity index (χ0) is 21.6. The highest BCUT2D eigenvalue weighted by atomic mass is 35.5. The van der Waals surface area contributed by atoms with Crippen LogP contribution in [0.2, 0.25) is 15.1 Å². The van der Waals surface area contributed by atoms with Gasteiger partial charge in [0.05, 0.1) is 25.7 Å². The van der Waals surface area contributed by atoms with E-state index in [9.17, 15) is 19.7 Å². The first-order chi connectivity index (χ1) is 14.3. The minimum Gasteiger partial charge on any atom is -0.294 e. The summed E-state index contributed by atoms with van der Waals surface area (Å²) in [5.74, 6) is -0.812. The number of amides is 1. The van der Waals surface area contributed by atoms with E-state index in [1.165, 1.54) is 23.1 Å². The Hall–Kier alpha value is -2.41. The van der Waals surface area contributed by atoms with Crippen LogP contribution in [0.4, 0.5) is 11.4 Å². The molecule has 2 aromatic rings. The zero-order valence-electron chi connectivity index (χ0n) is 15.5. The van der Waals surface area contributed by atoms with Gasteiger partial charge in [-0.05, 0) is 30.5 Å². The van der Waals surface area contributed by atoms with Crippen molar-refractivity contribution in [1.29, 1.82) is 0 Å². The highest BCUT2D eigenvalue weighted by molar-refractivity contribution is 6.42. The van der Waals surface area contributed by atoms with Gasteiger partial charge in [-0.3, -0.25) is 24.6 Å². The van der Waals surface area contributed by atoms with Crippen LogP contribution in [-0.4, -0.2) is 16.6 Å². The molecule has 2 aliphatic rings. The minimum absolute atomic E-state index is 0.0119. The summed E-state index contributed by atoms with van der Waals surface area (Å²) in [4.78, 5) is 38.0. The van der Waals surface area contributed by atoms with Gasteiger partial charge in [-0.2, -0.15) is 0 Å². The number of Topliss-reactive ketones (excluding diaryl/α,β-unsaturated/α-hetero) is 1. The van der Waals surface area contributed by atoms with Crippen LogP contribution in [0.1, 0.15) is 37.2 Å². The van der Waals surface area contributed by atoms with Gasteiger partial charge in [0.15, 0.2) is 5.78 Å². The quantitative estimate of drug-likeness (QED) is 0.406. The van der Waals surface area contributed by atoms with Crippen LogP contribution in [0, 0.1) is 10.1 Å². The van der Waals surface area contributed by atoms with Gasteiger partial charge >= 0.3 is 0 Å². The lowest BCUT2D eigenvalue weighted by Gasteiger charge is -2.38. The molecule has 1 aliphatic heterocycles. The van der Waals surface area contributed by atoms with Gasteiger partial charge in [0, 0.05) is 42.2 Å². The fraction of sp³-hybridized carbons (Fsp3) is 0.238. The van der Waals surface area contributed by atoms with Gasteiger partial charge in [0.25, 0.3) is 5.69 Å². The van der Waals surface area contributed by atoms with Gasteiger partial charge in [-0.1, -0.05) is 46.9 Å². The Morgan fingerprint density at radius 2 is 1.80 bits per heavy atom. The Morgan fingerprint density at radius 3 is 2.50 bits per heavy atom. The molecule has 0 saturated heterocycles. The molecule has 1 heterocycles. The van der Waals surface area contributed by atoms with Gasteiger partial charge in [-0.25, -0.2) is 0 Å². The van der Waals surface area contributed by atoms with Crippen molar-refractivity contribution in [3.63, 3.8) is 0 Å². The summed E-state index contributed by atoms with van der Waals surface area (Å²) in [5.41, 5.74) is 1.88. The summed E-state index contributed by atoms with van der Waals surface area (Å²) in [7, 11) is 0. The lowest BCUT2D eigenvalue weighted by molar-refractivity contribution is -0.384. The lowest BCUT2D eigenvalue weighted by Crippen LogP contribution is -2.40. The van der Waals surface area contributed by atoms with Crippen molar-refractivity contribution < 1.29 is 14.5 Å². The van der Waals surface area contributed by atoms with Crippen LogP contribution in [-0.2, 0) is 9.59 Å². The Bertz CT molecular complexity index is 1130. The van der Waals surface area contributed by atoms with Crippen LogP contribution < -0.4 is 4.90 Å². The molecule has 0 bridgehead atoms. The molecule has 1 aliphatic carbocycles. The lowest BCUT2D eigenvalue weighted by atomic mass is 9.77. The Balaban J connectivity index is 1.88. The van der Waals surface area contributed by atoms with Crippen LogP contribution in [0.5, 0.6) is 0 Å². The molecule has 6 nitrogen and oxygen atoms in total. The molecule has 1 atom stereocenters. The summed E-state index contributed by atoms with van der Waals surface area (Å²) in [5, 5.41) is 11.8. The topological polar surface area (TPSA) is 80.5 Å². The van der Waals surface area contributed by atoms with E-state index in [0.717, 1.165) is 0 Å². The maximum absolute atomic E-state index is 13.2. The predicted molar refractivity (Wildman–Crippen MR) is 115 cm³/mol. The number of ketones is 1. The molecule has 4 rings (SSSR count). The van der Waals surface area contributed by atoms with Crippen LogP contribution >= 0.6 is 34.8 Å². The number of nitrogens with zero attached hydrogens (tertiary/aromatic N) is 2. The summed E-state index contributed by atoms with van der Waals surface area (Å²) in [6.07, 6.45) is 1.50. The fourth-order valence-corrected chi connectivity index (χ4v) is 4.82. The minimum atomic E-state index is -0.556. The third-order valence-corrected chi connectivity index (χ3v) is 6.55. The summed E-state index contributed by atoms with van der Waals surface area (Å²) in [6, 6.07) is 9.09. The monoisotopic (exact) mass is 464 g/mol. The molecule has 0 radical (unpaired) electrons. The second kappa shape index (κ2) is 8.02. The number of halogens is 3. The van der Waals surface area contributed by atoms with Crippen molar-refractivity contribution in [3.05, 3.63) is 78.4 Å². The normalized spacial score (nSPS) is 19.2. The summed E-state index contributed by atoms with van der Waals surface area (Å²) < 4.78 is 0. The number of carbonyl (C=O) groups is 2. The highest BCUT2D eigenvalue weighted by Crippen LogP contribution is 2.47. The number of nitro benzene ring substituents is 1. The molecule has 0 saturated carbocycles. The van der Waals surface area contributed by atoms with E-state index in [2.05, 4.69) is 0 Å². The summed E-state index contributed by atoms with van der Waals surface area (Å²) in [6.45, 7) is 0. The van der Waals surface area contributed by atoms with E-state index in [1.54, 1.807) is 18.2 Å². The van der Waals surface area contributed by atoms with Gasteiger partial charge in [0.2, 0.25) is 5.91 Å². The van der Waals surface area contributed by atoms with Crippen molar-refractivity contribution in [2.24, 2.45) is 0 Å². The predicted octanol–water partition coefficient (Wildman–Crippen LogP) is 6.08. The standard InChI is InChI=1S/C21H15Cl3N2O4/c22-14-4-1-3-12(21(14)24)13-10-19(28)25(17-5-2-6-18(27)20(13)17)16-8-7-11(26(29)30)9-15(16)23/h1,3-4,7-9,13H,2,5-6,10H2. The third-order valence-electron chi connectivity index (χ3n) is 5.42. The van der Waals surface area contributed by atoms with Crippen molar-refractivity contribution in [3.8, 4) is 0 Å². The zero-order valence-corrected chi connectivity index (χ0v) is 17.8. The van der Waals surface area contributed by atoms with Crippen molar-refractivity contribution in [2.45, 2.75) is 31.6 Å². The number of benzene rings is 2. The molecule has 1 unspecified atom stereocenters. The van der Waals surface area contributed by atoms with Crippen LogP contribution in [0.15, 0.2) is 47.7 Å². The average Bonchev–Trinajstić information content (AvgIpc) is 2.70. The largest absolute Gasteiger partial charge is 0.294 e. The maximum Gasteiger partial charge on any atom is 0.271 e. The number of nitro groups is 1. The van der Waals surface area contributed by atoms with Gasteiger partial charge in [-0.15, -0.1) is 0 Å². The number of hydrogen-bond acceptors (Lipinski definition) is 4. The molecular formula is C21H15Cl3N2O4. The van der Waals surface area contributed by atoms with E-state index in [0.29, 0.717) is 51.8 Å². The number of carbonyl (C=O) groups excluding carboxylic acids is 2. The SMILES string of the molecule is O=C1CCCC2=C1C(c1cccc(Cl)c1Cl)CC(=O)N2c1ccc([N+](=O)[O-])cc1Cl. The van der Waals surface area contributed by atoms with E-state index in [1.807, 2.05) is 0 Å². The molecule has 1 amide bonds.